The molecule has 0 aliphatic rings. The van der Waals surface area contributed by atoms with Gasteiger partial charge in [-0.2, -0.15) is 13.2 Å². The van der Waals surface area contributed by atoms with Gasteiger partial charge in [-0.15, -0.1) is 0 Å². The Balaban J connectivity index is 2.76. The molecule has 1 rings (SSSR count). The Kier molecular flexibility index (Phi) is 3.99. The molecule has 1 nitrogen and oxygen atoms in total. The van der Waals surface area contributed by atoms with Crippen LogP contribution in [-0.2, 0) is 0 Å². The molecule has 1 aromatic carbocycles. The first-order valence-corrected chi connectivity index (χ1v) is 5.07. The molecular formula is C13H14F3N. The summed E-state index contributed by atoms with van der Waals surface area (Å²) in [7, 11) is 0. The van der Waals surface area contributed by atoms with E-state index >= 15 is 0 Å². The van der Waals surface area contributed by atoms with Crippen molar-refractivity contribution in [2.75, 3.05) is 5.32 Å². The molecule has 0 radical (unpaired) electrons. The molecule has 1 aromatic rings. The molecule has 92 valence electrons. The van der Waals surface area contributed by atoms with Crippen molar-refractivity contribution in [1.29, 1.82) is 0 Å². The fraction of sp³-hybridized carbons (Fsp3) is 0.231. The largest absolute Gasteiger partial charge is 0.415 e. The van der Waals surface area contributed by atoms with Gasteiger partial charge in [0.05, 0.1) is 5.57 Å². The summed E-state index contributed by atoms with van der Waals surface area (Å²) in [4.78, 5) is 0. The van der Waals surface area contributed by atoms with Crippen LogP contribution in [-0.4, -0.2) is 6.18 Å². The van der Waals surface area contributed by atoms with E-state index in [0.29, 0.717) is 5.70 Å². The molecule has 0 atom stereocenters. The van der Waals surface area contributed by atoms with Crippen molar-refractivity contribution in [2.24, 2.45) is 0 Å². The monoisotopic (exact) mass is 241 g/mol. The van der Waals surface area contributed by atoms with E-state index in [4.69, 9.17) is 0 Å². The third-order valence-corrected chi connectivity index (χ3v) is 2.11. The summed E-state index contributed by atoms with van der Waals surface area (Å²) >= 11 is 0. The van der Waals surface area contributed by atoms with Crippen molar-refractivity contribution < 1.29 is 13.2 Å². The number of allylic oxidation sites excluding steroid dienone is 3. The molecule has 0 bridgehead atoms. The Hall–Kier alpha value is -1.71. The maximum Gasteiger partial charge on any atom is 0.415 e. The van der Waals surface area contributed by atoms with Crippen molar-refractivity contribution >= 4 is 5.69 Å². The second-order valence-corrected chi connectivity index (χ2v) is 3.84. The molecule has 4 heteroatoms. The lowest BCUT2D eigenvalue weighted by Gasteiger charge is -2.10. The van der Waals surface area contributed by atoms with Gasteiger partial charge in [0.25, 0.3) is 0 Å². The molecule has 0 spiro atoms. The lowest BCUT2D eigenvalue weighted by molar-refractivity contribution is -0.0878. The number of aryl methyl sites for hydroxylation is 1. The quantitative estimate of drug-likeness (QED) is 0.772. The zero-order valence-corrected chi connectivity index (χ0v) is 9.73. The minimum atomic E-state index is -4.38. The highest BCUT2D eigenvalue weighted by Crippen LogP contribution is 2.26. The topological polar surface area (TPSA) is 12.0 Å². The van der Waals surface area contributed by atoms with Gasteiger partial charge >= 0.3 is 6.18 Å². The van der Waals surface area contributed by atoms with Crippen LogP contribution in [0.2, 0.25) is 0 Å². The first-order chi connectivity index (χ1) is 7.79. The SMILES string of the molecule is C=C(/C=C(/C)Nc1cccc(C)c1)C(F)(F)F. The van der Waals surface area contributed by atoms with Crippen LogP contribution in [0, 0.1) is 6.92 Å². The highest BCUT2D eigenvalue weighted by Gasteiger charge is 2.30. The van der Waals surface area contributed by atoms with E-state index in [0.717, 1.165) is 17.3 Å². The molecule has 0 amide bonds. The van der Waals surface area contributed by atoms with Gasteiger partial charge in [-0.05, 0) is 37.6 Å². The zero-order valence-electron chi connectivity index (χ0n) is 9.73. The molecule has 0 heterocycles. The number of nitrogens with one attached hydrogen (secondary N) is 1. The van der Waals surface area contributed by atoms with Crippen LogP contribution in [0.5, 0.6) is 0 Å². The van der Waals surface area contributed by atoms with Crippen LogP contribution >= 0.6 is 0 Å². The summed E-state index contributed by atoms with van der Waals surface area (Å²) in [6, 6.07) is 7.40. The number of hydrogen-bond donors (Lipinski definition) is 1. The number of hydrogen-bond acceptors (Lipinski definition) is 1. The Labute approximate surface area is 98.7 Å². The Bertz CT molecular complexity index is 444. The van der Waals surface area contributed by atoms with Crippen LogP contribution in [0.3, 0.4) is 0 Å². The zero-order chi connectivity index (χ0) is 13.1. The van der Waals surface area contributed by atoms with E-state index < -0.39 is 11.7 Å². The normalized spacial score (nSPS) is 12.4. The molecule has 0 aromatic heterocycles. The Morgan fingerprint density at radius 3 is 2.53 bits per heavy atom. The number of halogens is 3. The van der Waals surface area contributed by atoms with Crippen molar-refractivity contribution in [3.8, 4) is 0 Å². The van der Waals surface area contributed by atoms with E-state index in [1.165, 1.54) is 0 Å². The van der Waals surface area contributed by atoms with Gasteiger partial charge in [0.15, 0.2) is 0 Å². The van der Waals surface area contributed by atoms with Gasteiger partial charge in [0.2, 0.25) is 0 Å². The van der Waals surface area contributed by atoms with Crippen molar-refractivity contribution in [3.63, 3.8) is 0 Å². The average Bonchev–Trinajstić information content (AvgIpc) is 2.15. The fourth-order valence-corrected chi connectivity index (χ4v) is 1.33. The standard InChI is InChI=1S/C13H14F3N/c1-9-5-4-6-12(7-9)17-11(3)8-10(2)13(14,15)16/h4-8,17H,2H2,1,3H3/b11-8-. The van der Waals surface area contributed by atoms with Crippen LogP contribution in [0.15, 0.2) is 48.2 Å². The first-order valence-electron chi connectivity index (χ1n) is 5.07. The molecule has 0 saturated carbocycles. The van der Waals surface area contributed by atoms with Crippen LogP contribution in [0.25, 0.3) is 0 Å². The van der Waals surface area contributed by atoms with Gasteiger partial charge in [0.1, 0.15) is 0 Å². The summed E-state index contributed by atoms with van der Waals surface area (Å²) in [5, 5.41) is 2.89. The summed E-state index contributed by atoms with van der Waals surface area (Å²) in [6.07, 6.45) is -3.39. The van der Waals surface area contributed by atoms with E-state index in [1.54, 1.807) is 13.0 Å². The van der Waals surface area contributed by atoms with Gasteiger partial charge in [-0.25, -0.2) is 0 Å². The average molecular weight is 241 g/mol. The minimum Gasteiger partial charge on any atom is -0.359 e. The van der Waals surface area contributed by atoms with Crippen molar-refractivity contribution in [1.82, 2.24) is 0 Å². The van der Waals surface area contributed by atoms with E-state index in [9.17, 15) is 13.2 Å². The Morgan fingerprint density at radius 2 is 2.00 bits per heavy atom. The molecule has 0 aliphatic heterocycles. The second kappa shape index (κ2) is 5.08. The molecule has 1 N–H and O–H groups in total. The number of benzene rings is 1. The van der Waals surface area contributed by atoms with Crippen LogP contribution < -0.4 is 5.32 Å². The summed E-state index contributed by atoms with van der Waals surface area (Å²) in [5.74, 6) is 0. The van der Waals surface area contributed by atoms with Gasteiger partial charge in [0, 0.05) is 11.4 Å². The van der Waals surface area contributed by atoms with Gasteiger partial charge < -0.3 is 5.32 Å². The smallest absolute Gasteiger partial charge is 0.359 e. The predicted octanol–water partition coefficient (Wildman–Crippen LogP) is 4.43. The van der Waals surface area contributed by atoms with Gasteiger partial charge in [-0.1, -0.05) is 18.7 Å². The van der Waals surface area contributed by atoms with E-state index in [-0.39, 0.29) is 0 Å². The number of anilines is 1. The summed E-state index contributed by atoms with van der Waals surface area (Å²) in [5.41, 5.74) is 1.33. The van der Waals surface area contributed by atoms with Gasteiger partial charge in [-0.3, -0.25) is 0 Å². The van der Waals surface area contributed by atoms with Crippen molar-refractivity contribution in [2.45, 2.75) is 20.0 Å². The summed E-state index contributed by atoms with van der Waals surface area (Å²) in [6.45, 7) is 6.47. The third kappa shape index (κ3) is 4.34. The molecular weight excluding hydrogens is 227 g/mol. The van der Waals surface area contributed by atoms with E-state index in [2.05, 4.69) is 11.9 Å². The molecule has 0 aliphatic carbocycles. The molecule has 0 unspecified atom stereocenters. The lowest BCUT2D eigenvalue weighted by atomic mass is 10.2. The third-order valence-electron chi connectivity index (χ3n) is 2.11. The number of alkyl halides is 3. The maximum atomic E-state index is 12.2. The number of rotatable bonds is 3. The highest BCUT2D eigenvalue weighted by atomic mass is 19.4. The van der Waals surface area contributed by atoms with E-state index in [1.807, 2.05) is 25.1 Å². The molecule has 0 saturated heterocycles. The van der Waals surface area contributed by atoms with Crippen LogP contribution in [0.1, 0.15) is 12.5 Å². The lowest BCUT2D eigenvalue weighted by Crippen LogP contribution is -2.10. The minimum absolute atomic E-state index is 0.401. The van der Waals surface area contributed by atoms with Crippen molar-refractivity contribution in [3.05, 3.63) is 53.8 Å². The molecule has 0 fully saturated rings. The maximum absolute atomic E-state index is 12.2. The summed E-state index contributed by atoms with van der Waals surface area (Å²) < 4.78 is 36.7. The first kappa shape index (κ1) is 13.4. The Morgan fingerprint density at radius 1 is 1.35 bits per heavy atom. The second-order valence-electron chi connectivity index (χ2n) is 3.84. The molecule has 17 heavy (non-hydrogen) atoms. The highest BCUT2D eigenvalue weighted by molar-refractivity contribution is 5.50. The van der Waals surface area contributed by atoms with Crippen LogP contribution in [0.4, 0.5) is 18.9 Å². The fourth-order valence-electron chi connectivity index (χ4n) is 1.33. The predicted molar refractivity (Wildman–Crippen MR) is 63.8 cm³/mol.